The Morgan fingerprint density at radius 1 is 1.37 bits per heavy atom. The number of likely N-dealkylation sites (N-methyl/N-ethyl adjacent to an activating group) is 2. The number of alkyl halides is 3. The average Bonchev–Trinajstić information content (AvgIpc) is 2.36. The average molecular weight is 281 g/mol. The zero-order valence-corrected chi connectivity index (χ0v) is 10.9. The number of nitrogens with one attached hydrogen (secondary N) is 2. The minimum absolute atomic E-state index is 0.0687. The van der Waals surface area contributed by atoms with E-state index in [1.807, 2.05) is 0 Å². The highest BCUT2D eigenvalue weighted by Gasteiger charge is 2.42. The van der Waals surface area contributed by atoms with Crippen LogP contribution in [0.3, 0.4) is 0 Å². The summed E-state index contributed by atoms with van der Waals surface area (Å²) in [6.45, 7) is -0.357. The zero-order chi connectivity index (χ0) is 14.6. The van der Waals surface area contributed by atoms with Gasteiger partial charge in [0, 0.05) is 20.6 Å². The Morgan fingerprint density at radius 3 is 2.42 bits per heavy atom. The Labute approximate surface area is 109 Å². The summed E-state index contributed by atoms with van der Waals surface area (Å²) >= 11 is 0. The van der Waals surface area contributed by atoms with Crippen LogP contribution in [0, 0.1) is 5.92 Å². The van der Waals surface area contributed by atoms with Crippen molar-refractivity contribution in [1.29, 1.82) is 0 Å². The van der Waals surface area contributed by atoms with Crippen LogP contribution in [-0.4, -0.2) is 56.1 Å². The highest BCUT2D eigenvalue weighted by Crippen LogP contribution is 2.32. The summed E-state index contributed by atoms with van der Waals surface area (Å²) < 4.78 is 37.4. The first-order chi connectivity index (χ1) is 8.75. The standard InChI is InChI=1S/C11H18F3N3O2/c1-15-9(18)6-17(2)10(19)8-4-3-7(5-16-8)11(12,13)14/h7-8,16H,3-6H2,1-2H3,(H,15,18). The molecular formula is C11H18F3N3O2. The largest absolute Gasteiger partial charge is 0.393 e. The molecule has 0 saturated carbocycles. The first kappa shape index (κ1) is 15.7. The fraction of sp³-hybridized carbons (Fsp3) is 0.818. The van der Waals surface area contributed by atoms with Crippen molar-refractivity contribution in [3.63, 3.8) is 0 Å². The number of amides is 2. The third kappa shape index (κ3) is 4.38. The topological polar surface area (TPSA) is 61.4 Å². The number of piperidine rings is 1. The molecule has 8 heteroatoms. The van der Waals surface area contributed by atoms with Crippen LogP contribution in [0.1, 0.15) is 12.8 Å². The summed E-state index contributed by atoms with van der Waals surface area (Å²) in [4.78, 5) is 24.2. The minimum Gasteiger partial charge on any atom is -0.358 e. The lowest BCUT2D eigenvalue weighted by Gasteiger charge is -2.32. The molecule has 19 heavy (non-hydrogen) atoms. The van der Waals surface area contributed by atoms with E-state index >= 15 is 0 Å². The Bertz CT molecular complexity index is 339. The molecule has 5 nitrogen and oxygen atoms in total. The van der Waals surface area contributed by atoms with E-state index in [2.05, 4.69) is 10.6 Å². The molecule has 2 unspecified atom stereocenters. The van der Waals surface area contributed by atoms with Gasteiger partial charge in [0.05, 0.1) is 18.5 Å². The Balaban J connectivity index is 2.47. The summed E-state index contributed by atoms with van der Waals surface area (Å²) in [5, 5.41) is 4.98. The Morgan fingerprint density at radius 2 is 2.00 bits per heavy atom. The molecular weight excluding hydrogens is 263 g/mol. The number of hydrogen-bond donors (Lipinski definition) is 2. The summed E-state index contributed by atoms with van der Waals surface area (Å²) in [5.41, 5.74) is 0. The summed E-state index contributed by atoms with van der Waals surface area (Å²) in [6, 6.07) is -0.645. The number of carbonyl (C=O) groups excluding carboxylic acids is 2. The van der Waals surface area contributed by atoms with E-state index in [1.54, 1.807) is 0 Å². The van der Waals surface area contributed by atoms with Gasteiger partial charge in [0.15, 0.2) is 0 Å². The van der Waals surface area contributed by atoms with Crippen molar-refractivity contribution >= 4 is 11.8 Å². The van der Waals surface area contributed by atoms with E-state index in [9.17, 15) is 22.8 Å². The van der Waals surface area contributed by atoms with Gasteiger partial charge in [-0.15, -0.1) is 0 Å². The van der Waals surface area contributed by atoms with Gasteiger partial charge in [0.1, 0.15) is 0 Å². The third-order valence-corrected chi connectivity index (χ3v) is 3.21. The Hall–Kier alpha value is -1.31. The first-order valence-corrected chi connectivity index (χ1v) is 6.01. The van der Waals surface area contributed by atoms with E-state index in [0.717, 1.165) is 0 Å². The van der Waals surface area contributed by atoms with Crippen molar-refractivity contribution in [3.8, 4) is 0 Å². The maximum atomic E-state index is 12.5. The van der Waals surface area contributed by atoms with Crippen LogP contribution in [-0.2, 0) is 9.59 Å². The molecule has 1 aliphatic heterocycles. The zero-order valence-electron chi connectivity index (χ0n) is 10.9. The molecule has 1 aliphatic rings. The van der Waals surface area contributed by atoms with Crippen molar-refractivity contribution in [3.05, 3.63) is 0 Å². The quantitative estimate of drug-likeness (QED) is 0.772. The smallest absolute Gasteiger partial charge is 0.358 e. The molecule has 110 valence electrons. The molecule has 1 rings (SSSR count). The lowest BCUT2D eigenvalue weighted by Crippen LogP contribution is -2.52. The van der Waals surface area contributed by atoms with Gasteiger partial charge >= 0.3 is 6.18 Å². The van der Waals surface area contributed by atoms with Gasteiger partial charge in [-0.3, -0.25) is 9.59 Å². The minimum atomic E-state index is -4.23. The summed E-state index contributed by atoms with van der Waals surface area (Å²) in [7, 11) is 2.91. The van der Waals surface area contributed by atoms with Crippen molar-refractivity contribution < 1.29 is 22.8 Å². The maximum Gasteiger partial charge on any atom is 0.393 e. The molecule has 0 aromatic rings. The second-order valence-electron chi connectivity index (χ2n) is 4.64. The SMILES string of the molecule is CNC(=O)CN(C)C(=O)C1CCC(C(F)(F)F)CN1. The fourth-order valence-electron chi connectivity index (χ4n) is 1.99. The number of hydrogen-bond acceptors (Lipinski definition) is 3. The molecule has 0 spiro atoms. The molecule has 2 amide bonds. The number of halogens is 3. The highest BCUT2D eigenvalue weighted by atomic mass is 19.4. The lowest BCUT2D eigenvalue weighted by molar-refractivity contribution is -0.180. The van der Waals surface area contributed by atoms with Gasteiger partial charge in [-0.25, -0.2) is 0 Å². The van der Waals surface area contributed by atoms with E-state index in [0.29, 0.717) is 0 Å². The molecule has 2 N–H and O–H groups in total. The van der Waals surface area contributed by atoms with Crippen LogP contribution in [0.5, 0.6) is 0 Å². The van der Waals surface area contributed by atoms with Crippen LogP contribution in [0.2, 0.25) is 0 Å². The molecule has 1 fully saturated rings. The molecule has 1 heterocycles. The highest BCUT2D eigenvalue weighted by molar-refractivity contribution is 5.87. The molecule has 0 aromatic carbocycles. The van der Waals surface area contributed by atoms with Crippen molar-refractivity contribution in [2.24, 2.45) is 5.92 Å². The van der Waals surface area contributed by atoms with E-state index in [4.69, 9.17) is 0 Å². The van der Waals surface area contributed by atoms with Gasteiger partial charge in [0.2, 0.25) is 11.8 Å². The van der Waals surface area contributed by atoms with Crippen LogP contribution in [0.4, 0.5) is 13.2 Å². The van der Waals surface area contributed by atoms with Gasteiger partial charge in [0.25, 0.3) is 0 Å². The van der Waals surface area contributed by atoms with E-state index in [1.165, 1.54) is 19.0 Å². The molecule has 2 atom stereocenters. The monoisotopic (exact) mass is 281 g/mol. The van der Waals surface area contributed by atoms with Gasteiger partial charge in [-0.1, -0.05) is 0 Å². The third-order valence-electron chi connectivity index (χ3n) is 3.21. The van der Waals surface area contributed by atoms with Gasteiger partial charge < -0.3 is 15.5 Å². The number of carbonyl (C=O) groups is 2. The predicted octanol–water partition coefficient (Wildman–Crippen LogP) is 0.121. The molecule has 1 saturated heterocycles. The number of nitrogens with zero attached hydrogens (tertiary/aromatic N) is 1. The van der Waals surface area contributed by atoms with E-state index < -0.39 is 18.1 Å². The predicted molar refractivity (Wildman–Crippen MR) is 62.3 cm³/mol. The van der Waals surface area contributed by atoms with Crippen molar-refractivity contribution in [1.82, 2.24) is 15.5 Å². The van der Waals surface area contributed by atoms with E-state index in [-0.39, 0.29) is 37.7 Å². The summed E-state index contributed by atoms with van der Waals surface area (Å²) in [5.74, 6) is -2.08. The molecule has 0 radical (unpaired) electrons. The molecule has 0 aliphatic carbocycles. The van der Waals surface area contributed by atoms with Gasteiger partial charge in [-0.05, 0) is 12.8 Å². The second-order valence-corrected chi connectivity index (χ2v) is 4.64. The first-order valence-electron chi connectivity index (χ1n) is 6.01. The van der Waals surface area contributed by atoms with Gasteiger partial charge in [-0.2, -0.15) is 13.2 Å². The number of rotatable bonds is 3. The lowest BCUT2D eigenvalue weighted by atomic mass is 9.93. The second kappa shape index (κ2) is 6.23. The molecule has 0 aromatic heterocycles. The van der Waals surface area contributed by atoms with Crippen LogP contribution >= 0.6 is 0 Å². The van der Waals surface area contributed by atoms with Crippen molar-refractivity contribution in [2.75, 3.05) is 27.2 Å². The Kier molecular flexibility index (Phi) is 5.16. The van der Waals surface area contributed by atoms with Crippen LogP contribution < -0.4 is 10.6 Å². The normalized spacial score (nSPS) is 23.8. The van der Waals surface area contributed by atoms with Crippen LogP contribution in [0.25, 0.3) is 0 Å². The summed E-state index contributed by atoms with van der Waals surface area (Å²) in [6.07, 6.45) is -4.17. The van der Waals surface area contributed by atoms with Crippen LogP contribution in [0.15, 0.2) is 0 Å². The fourth-order valence-corrected chi connectivity index (χ4v) is 1.99. The molecule has 0 bridgehead atoms. The van der Waals surface area contributed by atoms with Crippen molar-refractivity contribution in [2.45, 2.75) is 25.1 Å². The maximum absolute atomic E-state index is 12.5.